The molecule has 0 spiro atoms. The van der Waals surface area contributed by atoms with Gasteiger partial charge in [-0.1, -0.05) is 24.3 Å². The van der Waals surface area contributed by atoms with Crippen molar-refractivity contribution in [3.63, 3.8) is 0 Å². The van der Waals surface area contributed by atoms with E-state index >= 15 is 0 Å². The maximum atomic E-state index is 11.5. The molecule has 0 bridgehead atoms. The largest absolute Gasteiger partial charge is 0.468 e. The monoisotopic (exact) mass is 251 g/mol. The predicted molar refractivity (Wildman–Crippen MR) is 70.7 cm³/mol. The van der Waals surface area contributed by atoms with Gasteiger partial charge in [0.15, 0.2) is 0 Å². The topological polar surface area (TPSA) is 38.3 Å². The van der Waals surface area contributed by atoms with Crippen LogP contribution in [-0.2, 0) is 9.53 Å². The number of esters is 1. The Morgan fingerprint density at radius 2 is 2.24 bits per heavy atom. The minimum atomic E-state index is -0.303. The van der Waals surface area contributed by atoms with Gasteiger partial charge in [-0.2, -0.15) is 0 Å². The summed E-state index contributed by atoms with van der Waals surface area (Å²) < 4.78 is 7.86. The second kappa shape index (κ2) is 7.92. The number of ether oxygens (including phenoxy) is 1. The fourth-order valence-corrected chi connectivity index (χ4v) is 2.07. The van der Waals surface area contributed by atoms with Crippen LogP contribution in [-0.4, -0.2) is 19.1 Å². The molecule has 1 rings (SSSR count). The van der Waals surface area contributed by atoms with Crippen molar-refractivity contribution in [2.24, 2.45) is 0 Å². The van der Waals surface area contributed by atoms with Crippen LogP contribution in [0.3, 0.4) is 0 Å². The molecular formula is C13H17NO2S. The number of methoxy groups -OCH3 is 1. The Kier molecular flexibility index (Phi) is 6.43. The van der Waals surface area contributed by atoms with Gasteiger partial charge in [-0.05, 0) is 36.9 Å². The van der Waals surface area contributed by atoms with E-state index in [2.05, 4.69) is 11.3 Å². The molecule has 17 heavy (non-hydrogen) atoms. The van der Waals surface area contributed by atoms with E-state index in [0.717, 1.165) is 11.3 Å². The first-order valence-electron chi connectivity index (χ1n) is 5.44. The number of carbonyl (C=O) groups excluding carboxylic acids is 1. The van der Waals surface area contributed by atoms with Gasteiger partial charge < -0.3 is 4.74 Å². The molecule has 0 amide bonds. The molecule has 1 N–H and O–H groups in total. The van der Waals surface area contributed by atoms with E-state index in [0.29, 0.717) is 6.42 Å². The van der Waals surface area contributed by atoms with E-state index in [1.807, 2.05) is 30.3 Å². The summed E-state index contributed by atoms with van der Waals surface area (Å²) in [6, 6.07) is 9.55. The van der Waals surface area contributed by atoms with Crippen LogP contribution in [0.2, 0.25) is 0 Å². The molecule has 92 valence electrons. The number of hydrogen-bond acceptors (Lipinski definition) is 4. The Bertz CT molecular complexity index is 354. The Balaban J connectivity index is 2.48. The van der Waals surface area contributed by atoms with Crippen molar-refractivity contribution >= 4 is 17.9 Å². The van der Waals surface area contributed by atoms with Gasteiger partial charge in [0, 0.05) is 4.90 Å². The van der Waals surface area contributed by atoms with Crippen molar-refractivity contribution in [2.75, 3.05) is 7.11 Å². The highest BCUT2D eigenvalue weighted by atomic mass is 32.2. The quantitative estimate of drug-likeness (QED) is 0.459. The van der Waals surface area contributed by atoms with Crippen LogP contribution in [0.25, 0.3) is 0 Å². The molecule has 1 aromatic carbocycles. The SMILES string of the molecule is C=CCC[C@@H](NSc1ccccc1)C(=O)OC. The number of nitrogens with one attached hydrogen (secondary N) is 1. The third-order valence-electron chi connectivity index (χ3n) is 2.21. The molecule has 0 aliphatic carbocycles. The van der Waals surface area contributed by atoms with E-state index < -0.39 is 0 Å². The molecule has 3 nitrogen and oxygen atoms in total. The Morgan fingerprint density at radius 1 is 1.53 bits per heavy atom. The van der Waals surface area contributed by atoms with Gasteiger partial charge >= 0.3 is 5.97 Å². The van der Waals surface area contributed by atoms with Gasteiger partial charge in [0.1, 0.15) is 6.04 Å². The first-order chi connectivity index (χ1) is 8.27. The van der Waals surface area contributed by atoms with Crippen molar-refractivity contribution in [2.45, 2.75) is 23.8 Å². The second-order valence-corrected chi connectivity index (χ2v) is 4.39. The van der Waals surface area contributed by atoms with Crippen LogP contribution in [0.5, 0.6) is 0 Å². The molecule has 0 aromatic heterocycles. The normalized spacial score (nSPS) is 11.8. The summed E-state index contributed by atoms with van der Waals surface area (Å²) >= 11 is 1.44. The summed E-state index contributed by atoms with van der Waals surface area (Å²) in [4.78, 5) is 12.6. The Labute approximate surface area is 106 Å². The minimum absolute atomic E-state index is 0.240. The average molecular weight is 251 g/mol. The number of hydrogen-bond donors (Lipinski definition) is 1. The van der Waals surface area contributed by atoms with Gasteiger partial charge in [0.05, 0.1) is 7.11 Å². The summed E-state index contributed by atoms with van der Waals surface area (Å²) in [5, 5.41) is 0. The average Bonchev–Trinajstić information content (AvgIpc) is 2.39. The fourth-order valence-electron chi connectivity index (χ4n) is 1.28. The van der Waals surface area contributed by atoms with Crippen molar-refractivity contribution < 1.29 is 9.53 Å². The van der Waals surface area contributed by atoms with Crippen LogP contribution >= 0.6 is 11.9 Å². The summed E-state index contributed by atoms with van der Waals surface area (Å²) in [6.07, 6.45) is 3.27. The molecule has 0 saturated carbocycles. The van der Waals surface area contributed by atoms with Crippen molar-refractivity contribution in [1.82, 2.24) is 4.72 Å². The molecule has 4 heteroatoms. The Hall–Kier alpha value is -1.26. The van der Waals surface area contributed by atoms with E-state index in [1.165, 1.54) is 19.1 Å². The van der Waals surface area contributed by atoms with Crippen molar-refractivity contribution in [3.05, 3.63) is 43.0 Å². The lowest BCUT2D eigenvalue weighted by Crippen LogP contribution is -2.33. The van der Waals surface area contributed by atoms with Crippen molar-refractivity contribution in [3.8, 4) is 0 Å². The first kappa shape index (κ1) is 13.8. The van der Waals surface area contributed by atoms with Crippen molar-refractivity contribution in [1.29, 1.82) is 0 Å². The lowest BCUT2D eigenvalue weighted by molar-refractivity contribution is -0.142. The lowest BCUT2D eigenvalue weighted by Gasteiger charge is -2.14. The molecule has 0 aliphatic rings. The van der Waals surface area contributed by atoms with Gasteiger partial charge in [0.2, 0.25) is 0 Å². The zero-order chi connectivity index (χ0) is 12.5. The molecule has 1 atom stereocenters. The first-order valence-corrected chi connectivity index (χ1v) is 6.25. The summed E-state index contributed by atoms with van der Waals surface area (Å²) in [6.45, 7) is 3.65. The molecule has 0 fully saturated rings. The third-order valence-corrected chi connectivity index (χ3v) is 3.12. The van der Waals surface area contributed by atoms with Crippen LogP contribution < -0.4 is 4.72 Å². The smallest absolute Gasteiger partial charge is 0.323 e. The van der Waals surface area contributed by atoms with Crippen LogP contribution in [0.4, 0.5) is 0 Å². The standard InChI is InChI=1S/C13H17NO2S/c1-3-4-10-12(13(15)16-2)14-17-11-8-6-5-7-9-11/h3,5-9,12,14H,1,4,10H2,2H3/t12-/m1/s1. The van der Waals surface area contributed by atoms with E-state index in [4.69, 9.17) is 4.74 Å². The molecular weight excluding hydrogens is 234 g/mol. The van der Waals surface area contributed by atoms with Crippen LogP contribution in [0.15, 0.2) is 47.9 Å². The third kappa shape index (κ3) is 5.06. The van der Waals surface area contributed by atoms with Crippen LogP contribution in [0.1, 0.15) is 12.8 Å². The molecule has 0 heterocycles. The zero-order valence-corrected chi connectivity index (χ0v) is 10.7. The maximum Gasteiger partial charge on any atom is 0.323 e. The van der Waals surface area contributed by atoms with E-state index in [-0.39, 0.29) is 12.0 Å². The summed E-state index contributed by atoms with van der Waals surface area (Å²) in [7, 11) is 1.40. The number of rotatable bonds is 7. The van der Waals surface area contributed by atoms with Gasteiger partial charge in [-0.3, -0.25) is 4.79 Å². The minimum Gasteiger partial charge on any atom is -0.468 e. The molecule has 0 aliphatic heterocycles. The lowest BCUT2D eigenvalue weighted by atomic mass is 10.2. The highest BCUT2D eigenvalue weighted by Crippen LogP contribution is 2.15. The summed E-state index contributed by atoms with van der Waals surface area (Å²) in [5.41, 5.74) is 0. The zero-order valence-electron chi connectivity index (χ0n) is 9.89. The molecule has 0 saturated heterocycles. The highest BCUT2D eigenvalue weighted by molar-refractivity contribution is 7.97. The van der Waals surface area contributed by atoms with E-state index in [1.54, 1.807) is 6.08 Å². The second-order valence-electron chi connectivity index (χ2n) is 3.47. The number of allylic oxidation sites excluding steroid dienone is 1. The number of carbonyl (C=O) groups is 1. The van der Waals surface area contributed by atoms with Gasteiger partial charge in [0.25, 0.3) is 0 Å². The fraction of sp³-hybridized carbons (Fsp3) is 0.308. The van der Waals surface area contributed by atoms with E-state index in [9.17, 15) is 4.79 Å². The number of benzene rings is 1. The summed E-state index contributed by atoms with van der Waals surface area (Å²) in [5.74, 6) is -0.240. The van der Waals surface area contributed by atoms with Crippen LogP contribution in [0, 0.1) is 0 Å². The highest BCUT2D eigenvalue weighted by Gasteiger charge is 2.17. The van der Waals surface area contributed by atoms with Gasteiger partial charge in [-0.25, -0.2) is 4.72 Å². The maximum absolute atomic E-state index is 11.5. The predicted octanol–water partition coefficient (Wildman–Crippen LogP) is 2.79. The molecule has 0 radical (unpaired) electrons. The molecule has 0 unspecified atom stereocenters. The Morgan fingerprint density at radius 3 is 2.82 bits per heavy atom. The van der Waals surface area contributed by atoms with Gasteiger partial charge in [-0.15, -0.1) is 6.58 Å². The molecule has 1 aromatic rings.